The van der Waals surface area contributed by atoms with Crippen molar-refractivity contribution in [2.45, 2.75) is 12.8 Å². The second-order valence-electron chi connectivity index (χ2n) is 7.08. The fraction of sp³-hybridized carbons (Fsp3) is 0.0833. The van der Waals surface area contributed by atoms with Gasteiger partial charge in [0.1, 0.15) is 11.5 Å². The van der Waals surface area contributed by atoms with Crippen molar-refractivity contribution in [2.24, 2.45) is 0 Å². The van der Waals surface area contributed by atoms with Crippen LogP contribution in [-0.4, -0.2) is 31.1 Å². The Bertz CT molecular complexity index is 1270. The molecule has 1 heterocycles. The molecule has 6 nitrogen and oxygen atoms in total. The average Bonchev–Trinajstić information content (AvgIpc) is 3.23. The molecule has 3 aromatic carbocycles. The lowest BCUT2D eigenvalue weighted by Crippen LogP contribution is -2.01. The van der Waals surface area contributed by atoms with E-state index in [0.717, 1.165) is 5.56 Å². The van der Waals surface area contributed by atoms with Crippen LogP contribution in [0.15, 0.2) is 72.9 Å². The first-order valence-electron chi connectivity index (χ1n) is 9.60. The SMILES string of the molecule is O=C(O)c1cccc(CCc2cc(-c3ccnn3-c3ccccc3Cl)c(O)cc2O)c1. The van der Waals surface area contributed by atoms with Gasteiger partial charge in [-0.25, -0.2) is 9.48 Å². The monoisotopic (exact) mass is 434 g/mol. The third-order valence-corrected chi connectivity index (χ3v) is 5.37. The van der Waals surface area contributed by atoms with Crippen molar-refractivity contribution in [1.82, 2.24) is 9.78 Å². The van der Waals surface area contributed by atoms with E-state index in [2.05, 4.69) is 5.10 Å². The molecule has 0 aliphatic rings. The molecule has 7 heteroatoms. The molecule has 0 aliphatic carbocycles. The van der Waals surface area contributed by atoms with Gasteiger partial charge in [0.25, 0.3) is 0 Å². The normalized spacial score (nSPS) is 10.9. The van der Waals surface area contributed by atoms with Gasteiger partial charge in [-0.3, -0.25) is 0 Å². The van der Waals surface area contributed by atoms with Crippen LogP contribution < -0.4 is 0 Å². The Balaban J connectivity index is 1.67. The summed E-state index contributed by atoms with van der Waals surface area (Å²) in [6.07, 6.45) is 2.60. The number of hydrogen-bond acceptors (Lipinski definition) is 4. The van der Waals surface area contributed by atoms with Crippen LogP contribution in [0.25, 0.3) is 16.9 Å². The zero-order valence-electron chi connectivity index (χ0n) is 16.4. The minimum absolute atomic E-state index is 0.0283. The van der Waals surface area contributed by atoms with Gasteiger partial charge in [-0.15, -0.1) is 0 Å². The number of benzene rings is 3. The van der Waals surface area contributed by atoms with E-state index < -0.39 is 5.97 Å². The summed E-state index contributed by atoms with van der Waals surface area (Å²) in [5.74, 6) is -1.09. The van der Waals surface area contributed by atoms with E-state index in [1.807, 2.05) is 24.3 Å². The molecule has 0 amide bonds. The number of nitrogens with zero attached hydrogens (tertiary/aromatic N) is 2. The summed E-state index contributed by atoms with van der Waals surface area (Å²) in [6.45, 7) is 0. The van der Waals surface area contributed by atoms with Crippen LogP contribution in [0, 0.1) is 0 Å². The molecule has 0 radical (unpaired) electrons. The summed E-state index contributed by atoms with van der Waals surface area (Å²) < 4.78 is 1.63. The number of carbonyl (C=O) groups is 1. The highest BCUT2D eigenvalue weighted by molar-refractivity contribution is 6.32. The summed E-state index contributed by atoms with van der Waals surface area (Å²) in [4.78, 5) is 11.2. The quantitative estimate of drug-likeness (QED) is 0.393. The molecule has 0 saturated carbocycles. The summed E-state index contributed by atoms with van der Waals surface area (Å²) >= 11 is 6.32. The second kappa shape index (κ2) is 8.53. The van der Waals surface area contributed by atoms with Crippen LogP contribution in [0.3, 0.4) is 0 Å². The summed E-state index contributed by atoms with van der Waals surface area (Å²) in [6, 6.07) is 18.7. The summed E-state index contributed by atoms with van der Waals surface area (Å²) in [5, 5.41) is 34.9. The van der Waals surface area contributed by atoms with Gasteiger partial charge >= 0.3 is 5.97 Å². The van der Waals surface area contributed by atoms with Gasteiger partial charge in [-0.1, -0.05) is 35.9 Å². The lowest BCUT2D eigenvalue weighted by atomic mass is 9.99. The Morgan fingerprint density at radius 1 is 0.935 bits per heavy atom. The van der Waals surface area contributed by atoms with Crippen molar-refractivity contribution < 1.29 is 20.1 Å². The predicted molar refractivity (Wildman–Crippen MR) is 118 cm³/mol. The number of hydrogen-bond donors (Lipinski definition) is 3. The van der Waals surface area contributed by atoms with E-state index >= 15 is 0 Å². The number of aromatic carboxylic acids is 1. The minimum Gasteiger partial charge on any atom is -0.508 e. The Morgan fingerprint density at radius 3 is 2.52 bits per heavy atom. The molecule has 0 aliphatic heterocycles. The van der Waals surface area contributed by atoms with E-state index in [0.29, 0.717) is 40.4 Å². The highest BCUT2D eigenvalue weighted by Gasteiger charge is 2.16. The molecule has 0 unspecified atom stereocenters. The molecular weight excluding hydrogens is 416 g/mol. The average molecular weight is 435 g/mol. The maximum atomic E-state index is 11.2. The number of aromatic hydroxyl groups is 2. The molecule has 4 rings (SSSR count). The van der Waals surface area contributed by atoms with Crippen molar-refractivity contribution in [3.63, 3.8) is 0 Å². The standard InChI is InChI=1S/C24H19ClN2O4/c25-19-6-1-2-7-21(19)27-20(10-11-26-27)18-13-16(22(28)14-23(18)29)9-8-15-4-3-5-17(12-15)24(30)31/h1-7,10-14,28-29H,8-9H2,(H,30,31). The molecule has 31 heavy (non-hydrogen) atoms. The van der Waals surface area contributed by atoms with Crippen LogP contribution >= 0.6 is 11.6 Å². The Kier molecular flexibility index (Phi) is 5.64. The van der Waals surface area contributed by atoms with E-state index in [4.69, 9.17) is 16.7 Å². The number of halogens is 1. The van der Waals surface area contributed by atoms with E-state index in [-0.39, 0.29) is 17.1 Å². The molecule has 0 fully saturated rings. The van der Waals surface area contributed by atoms with Crippen molar-refractivity contribution in [2.75, 3.05) is 0 Å². The topological polar surface area (TPSA) is 95.6 Å². The molecule has 156 valence electrons. The Morgan fingerprint density at radius 2 is 1.74 bits per heavy atom. The molecule has 0 saturated heterocycles. The van der Waals surface area contributed by atoms with Gasteiger partial charge < -0.3 is 15.3 Å². The van der Waals surface area contributed by atoms with Gasteiger partial charge in [0.2, 0.25) is 0 Å². The first-order valence-corrected chi connectivity index (χ1v) is 9.98. The zero-order chi connectivity index (χ0) is 22.0. The molecule has 0 atom stereocenters. The van der Waals surface area contributed by atoms with Crippen LogP contribution in [-0.2, 0) is 12.8 Å². The number of carboxylic acid groups (broad SMARTS) is 1. The number of aryl methyl sites for hydroxylation is 2. The van der Waals surface area contributed by atoms with E-state index in [1.165, 1.54) is 12.1 Å². The van der Waals surface area contributed by atoms with Gasteiger partial charge in [-0.05, 0) is 60.4 Å². The number of para-hydroxylation sites is 1. The van der Waals surface area contributed by atoms with Gasteiger partial charge in [-0.2, -0.15) is 5.10 Å². The molecule has 4 aromatic rings. The van der Waals surface area contributed by atoms with Gasteiger partial charge in [0.15, 0.2) is 0 Å². The minimum atomic E-state index is -0.982. The van der Waals surface area contributed by atoms with Crippen LogP contribution in [0.4, 0.5) is 0 Å². The Hall–Kier alpha value is -3.77. The van der Waals surface area contributed by atoms with Crippen molar-refractivity contribution in [3.05, 3.63) is 94.6 Å². The molecule has 0 bridgehead atoms. The number of phenols is 2. The van der Waals surface area contributed by atoms with Gasteiger partial charge in [0.05, 0.1) is 28.2 Å². The van der Waals surface area contributed by atoms with Crippen molar-refractivity contribution in [3.8, 4) is 28.4 Å². The van der Waals surface area contributed by atoms with E-state index in [1.54, 1.807) is 41.2 Å². The lowest BCUT2D eigenvalue weighted by Gasteiger charge is -2.13. The van der Waals surface area contributed by atoms with Crippen LogP contribution in [0.5, 0.6) is 11.5 Å². The van der Waals surface area contributed by atoms with Crippen LogP contribution in [0.1, 0.15) is 21.5 Å². The number of rotatable bonds is 6. The second-order valence-corrected chi connectivity index (χ2v) is 7.49. The van der Waals surface area contributed by atoms with Crippen molar-refractivity contribution >= 4 is 17.6 Å². The lowest BCUT2D eigenvalue weighted by molar-refractivity contribution is 0.0696. The predicted octanol–water partition coefficient (Wildman–Crippen LogP) is 5.09. The van der Waals surface area contributed by atoms with Crippen LogP contribution in [0.2, 0.25) is 5.02 Å². The first-order chi connectivity index (χ1) is 14.9. The maximum absolute atomic E-state index is 11.2. The fourth-order valence-corrected chi connectivity index (χ4v) is 3.70. The zero-order valence-corrected chi connectivity index (χ0v) is 17.1. The highest BCUT2D eigenvalue weighted by Crippen LogP contribution is 2.37. The Labute approximate surface area is 183 Å². The third-order valence-electron chi connectivity index (χ3n) is 5.05. The summed E-state index contributed by atoms with van der Waals surface area (Å²) in [5.41, 5.74) is 3.49. The number of phenolic OH excluding ortho intramolecular Hbond substituents is 2. The molecule has 1 aromatic heterocycles. The fourth-order valence-electron chi connectivity index (χ4n) is 3.49. The number of aromatic nitrogens is 2. The summed E-state index contributed by atoms with van der Waals surface area (Å²) in [7, 11) is 0. The van der Waals surface area contributed by atoms with Crippen molar-refractivity contribution in [1.29, 1.82) is 0 Å². The highest BCUT2D eigenvalue weighted by atomic mass is 35.5. The number of carboxylic acids is 1. The molecule has 3 N–H and O–H groups in total. The molecule has 0 spiro atoms. The maximum Gasteiger partial charge on any atom is 0.335 e. The molecular formula is C24H19ClN2O4. The van der Waals surface area contributed by atoms with E-state index in [9.17, 15) is 15.0 Å². The first kappa shape index (κ1) is 20.5. The third kappa shape index (κ3) is 4.25. The largest absolute Gasteiger partial charge is 0.508 e. The van der Waals surface area contributed by atoms with Gasteiger partial charge in [0, 0.05) is 11.6 Å². The smallest absolute Gasteiger partial charge is 0.335 e.